The monoisotopic (exact) mass is 309 g/mol. The van der Waals surface area contributed by atoms with E-state index >= 15 is 0 Å². The van der Waals surface area contributed by atoms with Crippen LogP contribution < -0.4 is 10.6 Å². The number of amides is 1. The number of carbonyl (C=O) groups is 1. The minimum Gasteiger partial charge on any atom is -0.306 e. The van der Waals surface area contributed by atoms with Crippen molar-refractivity contribution in [3.8, 4) is 11.3 Å². The molecule has 2 aromatic rings. The number of halogens is 2. The summed E-state index contributed by atoms with van der Waals surface area (Å²) >= 11 is 1.14. The van der Waals surface area contributed by atoms with E-state index in [1.165, 1.54) is 23.6 Å². The topological polar surface area (TPSA) is 54.0 Å². The van der Waals surface area contributed by atoms with Gasteiger partial charge >= 0.3 is 0 Å². The Bertz CT molecular complexity index is 648. The summed E-state index contributed by atoms with van der Waals surface area (Å²) in [4.78, 5) is 16.0. The van der Waals surface area contributed by atoms with Crippen molar-refractivity contribution in [3.63, 3.8) is 0 Å². The number of hydrogen-bond acceptors (Lipinski definition) is 4. The van der Waals surface area contributed by atoms with E-state index in [4.69, 9.17) is 0 Å². The predicted octanol–water partition coefficient (Wildman–Crippen LogP) is 2.78. The standard InChI is InChI=1S/C14H13F2N3OS/c15-8-3-1-4-9(16)12(8)11-7-21-14(18-11)19-13(20)10-5-2-6-17-10/h1,3-4,7,10,17H,2,5-6H2,(H,18,19,20). The normalized spacial score (nSPS) is 17.9. The minimum atomic E-state index is -0.671. The number of nitrogens with one attached hydrogen (secondary N) is 2. The van der Waals surface area contributed by atoms with Gasteiger partial charge in [0.2, 0.25) is 5.91 Å². The van der Waals surface area contributed by atoms with Crippen LogP contribution in [0.4, 0.5) is 13.9 Å². The molecule has 0 bridgehead atoms. The predicted molar refractivity (Wildman–Crippen MR) is 77.1 cm³/mol. The summed E-state index contributed by atoms with van der Waals surface area (Å²) in [5.41, 5.74) is 0.0125. The van der Waals surface area contributed by atoms with Crippen molar-refractivity contribution >= 4 is 22.4 Å². The molecule has 0 radical (unpaired) electrons. The highest BCUT2D eigenvalue weighted by Crippen LogP contribution is 2.29. The molecule has 1 aliphatic heterocycles. The molecular formula is C14H13F2N3OS. The first-order valence-electron chi connectivity index (χ1n) is 6.59. The molecular weight excluding hydrogens is 296 g/mol. The fourth-order valence-corrected chi connectivity index (χ4v) is 2.99. The number of nitrogens with zero attached hydrogens (tertiary/aromatic N) is 1. The molecule has 4 nitrogen and oxygen atoms in total. The van der Waals surface area contributed by atoms with E-state index in [-0.39, 0.29) is 23.2 Å². The van der Waals surface area contributed by atoms with Crippen LogP contribution in [0.3, 0.4) is 0 Å². The van der Waals surface area contributed by atoms with Gasteiger partial charge in [0.25, 0.3) is 0 Å². The van der Waals surface area contributed by atoms with Crippen molar-refractivity contribution in [2.75, 3.05) is 11.9 Å². The highest BCUT2D eigenvalue weighted by atomic mass is 32.1. The Kier molecular flexibility index (Phi) is 3.94. The molecule has 1 atom stereocenters. The van der Waals surface area contributed by atoms with E-state index in [2.05, 4.69) is 15.6 Å². The number of hydrogen-bond donors (Lipinski definition) is 2. The van der Waals surface area contributed by atoms with Crippen molar-refractivity contribution in [3.05, 3.63) is 35.2 Å². The average Bonchev–Trinajstić information content (AvgIpc) is 3.10. The first kappa shape index (κ1) is 14.1. The van der Waals surface area contributed by atoms with Crippen molar-refractivity contribution in [2.45, 2.75) is 18.9 Å². The first-order chi connectivity index (χ1) is 10.1. The molecule has 110 valence electrons. The fourth-order valence-electron chi connectivity index (χ4n) is 2.29. The molecule has 0 aliphatic carbocycles. The van der Waals surface area contributed by atoms with Crippen molar-refractivity contribution in [1.82, 2.24) is 10.3 Å². The summed E-state index contributed by atoms with van der Waals surface area (Å²) in [6.07, 6.45) is 1.74. The molecule has 21 heavy (non-hydrogen) atoms. The molecule has 1 aromatic carbocycles. The van der Waals surface area contributed by atoms with Gasteiger partial charge in [-0.1, -0.05) is 6.07 Å². The van der Waals surface area contributed by atoms with Gasteiger partial charge in [0.15, 0.2) is 5.13 Å². The molecule has 1 aromatic heterocycles. The van der Waals surface area contributed by atoms with Crippen LogP contribution >= 0.6 is 11.3 Å². The SMILES string of the molecule is O=C(Nc1nc(-c2c(F)cccc2F)cs1)C1CCCN1. The summed E-state index contributed by atoms with van der Waals surface area (Å²) in [6, 6.07) is 3.44. The van der Waals surface area contributed by atoms with Crippen molar-refractivity contribution < 1.29 is 13.6 Å². The lowest BCUT2D eigenvalue weighted by Crippen LogP contribution is -2.35. The first-order valence-corrected chi connectivity index (χ1v) is 7.47. The van der Waals surface area contributed by atoms with Gasteiger partial charge in [-0.05, 0) is 31.5 Å². The van der Waals surface area contributed by atoms with E-state index < -0.39 is 11.6 Å². The maximum atomic E-state index is 13.7. The Morgan fingerprint density at radius 2 is 2.14 bits per heavy atom. The molecule has 0 saturated carbocycles. The molecule has 7 heteroatoms. The number of aromatic nitrogens is 1. The third-order valence-electron chi connectivity index (χ3n) is 3.33. The highest BCUT2D eigenvalue weighted by molar-refractivity contribution is 7.14. The van der Waals surface area contributed by atoms with E-state index in [9.17, 15) is 13.6 Å². The molecule has 1 amide bonds. The van der Waals surface area contributed by atoms with Gasteiger partial charge in [-0.15, -0.1) is 11.3 Å². The highest BCUT2D eigenvalue weighted by Gasteiger charge is 2.23. The van der Waals surface area contributed by atoms with Crippen molar-refractivity contribution in [2.24, 2.45) is 0 Å². The van der Waals surface area contributed by atoms with Gasteiger partial charge < -0.3 is 10.6 Å². The third-order valence-corrected chi connectivity index (χ3v) is 4.09. The molecule has 1 aliphatic rings. The molecule has 1 unspecified atom stereocenters. The Labute approximate surface area is 124 Å². The zero-order valence-electron chi connectivity index (χ0n) is 11.0. The number of carbonyl (C=O) groups excluding carboxylic acids is 1. The zero-order chi connectivity index (χ0) is 14.8. The van der Waals surface area contributed by atoms with Crippen LogP contribution in [0.15, 0.2) is 23.6 Å². The molecule has 3 rings (SSSR count). The van der Waals surface area contributed by atoms with Gasteiger partial charge in [0, 0.05) is 5.38 Å². The van der Waals surface area contributed by atoms with Crippen LogP contribution in [0.2, 0.25) is 0 Å². The van der Waals surface area contributed by atoms with E-state index in [1.54, 1.807) is 0 Å². The fraction of sp³-hybridized carbons (Fsp3) is 0.286. The Balaban J connectivity index is 1.78. The Morgan fingerprint density at radius 3 is 2.81 bits per heavy atom. The Morgan fingerprint density at radius 1 is 1.38 bits per heavy atom. The number of benzene rings is 1. The summed E-state index contributed by atoms with van der Waals surface area (Å²) in [6.45, 7) is 0.821. The summed E-state index contributed by atoms with van der Waals surface area (Å²) < 4.78 is 27.4. The quantitative estimate of drug-likeness (QED) is 0.916. The molecule has 1 saturated heterocycles. The zero-order valence-corrected chi connectivity index (χ0v) is 11.8. The number of rotatable bonds is 3. The van der Waals surface area contributed by atoms with Gasteiger partial charge in [0.05, 0.1) is 17.3 Å². The van der Waals surface area contributed by atoms with Crippen LogP contribution in [0.1, 0.15) is 12.8 Å². The van der Waals surface area contributed by atoms with Crippen LogP contribution in [-0.4, -0.2) is 23.5 Å². The lowest BCUT2D eigenvalue weighted by atomic mass is 10.1. The van der Waals surface area contributed by atoms with E-state index in [1.807, 2.05) is 0 Å². The third kappa shape index (κ3) is 2.93. The van der Waals surface area contributed by atoms with E-state index in [0.29, 0.717) is 5.13 Å². The molecule has 2 N–H and O–H groups in total. The Hall–Kier alpha value is -1.86. The molecule has 0 spiro atoms. The summed E-state index contributed by atoms with van der Waals surface area (Å²) in [5.74, 6) is -1.51. The number of thiazole rings is 1. The van der Waals surface area contributed by atoms with Gasteiger partial charge in [-0.3, -0.25) is 4.79 Å². The second-order valence-electron chi connectivity index (χ2n) is 4.77. The van der Waals surface area contributed by atoms with E-state index in [0.717, 1.165) is 30.7 Å². The van der Waals surface area contributed by atoms with Crippen LogP contribution in [0.5, 0.6) is 0 Å². The summed E-state index contributed by atoms with van der Waals surface area (Å²) in [7, 11) is 0. The maximum Gasteiger partial charge on any atom is 0.243 e. The molecule has 2 heterocycles. The second-order valence-corrected chi connectivity index (χ2v) is 5.63. The smallest absolute Gasteiger partial charge is 0.243 e. The lowest BCUT2D eigenvalue weighted by Gasteiger charge is -2.08. The van der Waals surface area contributed by atoms with Crippen molar-refractivity contribution in [1.29, 1.82) is 0 Å². The lowest BCUT2D eigenvalue weighted by molar-refractivity contribution is -0.117. The largest absolute Gasteiger partial charge is 0.306 e. The maximum absolute atomic E-state index is 13.7. The minimum absolute atomic E-state index is 0.164. The second kappa shape index (κ2) is 5.87. The van der Waals surface area contributed by atoms with Crippen LogP contribution in [-0.2, 0) is 4.79 Å². The summed E-state index contributed by atoms with van der Waals surface area (Å²) in [5, 5.41) is 7.62. The van der Waals surface area contributed by atoms with Crippen LogP contribution in [0.25, 0.3) is 11.3 Å². The molecule has 1 fully saturated rings. The van der Waals surface area contributed by atoms with Gasteiger partial charge in [-0.25, -0.2) is 13.8 Å². The average molecular weight is 309 g/mol. The van der Waals surface area contributed by atoms with Gasteiger partial charge in [-0.2, -0.15) is 0 Å². The van der Waals surface area contributed by atoms with Crippen LogP contribution in [0, 0.1) is 11.6 Å². The van der Waals surface area contributed by atoms with Gasteiger partial charge in [0.1, 0.15) is 11.6 Å². The number of anilines is 1.